The molecule has 1 aromatic heterocycles. The van der Waals surface area contributed by atoms with E-state index in [0.717, 1.165) is 33.2 Å². The fraction of sp³-hybridized carbons (Fsp3) is 0.125. The largest absolute Gasteiger partial charge is 0.445 e. The van der Waals surface area contributed by atoms with E-state index in [2.05, 4.69) is 23.3 Å². The van der Waals surface area contributed by atoms with Crippen molar-refractivity contribution in [3.8, 4) is 0 Å². The zero-order valence-corrected chi connectivity index (χ0v) is 15.7. The molecule has 0 aliphatic rings. The number of hydrogen-bond acceptors (Lipinski definition) is 2. The van der Waals surface area contributed by atoms with Gasteiger partial charge < -0.3 is 15.0 Å². The van der Waals surface area contributed by atoms with E-state index in [4.69, 9.17) is 4.74 Å². The summed E-state index contributed by atoms with van der Waals surface area (Å²) < 4.78 is 5.46. The maximum atomic E-state index is 12.6. The van der Waals surface area contributed by atoms with Gasteiger partial charge in [0.25, 0.3) is 0 Å². The van der Waals surface area contributed by atoms with E-state index in [1.165, 1.54) is 0 Å². The average Bonchev–Trinajstić information content (AvgIpc) is 3.17. The zero-order chi connectivity index (χ0) is 19.3. The second-order valence-electron chi connectivity index (χ2n) is 6.79. The summed E-state index contributed by atoms with van der Waals surface area (Å²) in [7, 11) is 0. The Morgan fingerprint density at radius 1 is 0.964 bits per heavy atom. The van der Waals surface area contributed by atoms with Crippen molar-refractivity contribution in [3.05, 3.63) is 107 Å². The minimum Gasteiger partial charge on any atom is -0.445 e. The molecule has 0 saturated carbocycles. The van der Waals surface area contributed by atoms with Gasteiger partial charge in [0.2, 0.25) is 0 Å². The Morgan fingerprint density at radius 2 is 1.68 bits per heavy atom. The highest BCUT2D eigenvalue weighted by Crippen LogP contribution is 2.31. The third kappa shape index (κ3) is 3.76. The minimum absolute atomic E-state index is 0.237. The number of H-pyrrole nitrogens is 1. The summed E-state index contributed by atoms with van der Waals surface area (Å²) in [5, 5.41) is 4.17. The van der Waals surface area contributed by atoms with E-state index in [0.29, 0.717) is 0 Å². The molecule has 4 nitrogen and oxygen atoms in total. The van der Waals surface area contributed by atoms with Crippen molar-refractivity contribution in [3.63, 3.8) is 0 Å². The molecule has 0 radical (unpaired) electrons. The van der Waals surface area contributed by atoms with Gasteiger partial charge in [-0.25, -0.2) is 4.79 Å². The number of carbonyl (C=O) groups is 1. The minimum atomic E-state index is -0.444. The topological polar surface area (TPSA) is 54.1 Å². The van der Waals surface area contributed by atoms with Gasteiger partial charge in [0.1, 0.15) is 6.61 Å². The lowest BCUT2D eigenvalue weighted by molar-refractivity contribution is 0.137. The Labute approximate surface area is 164 Å². The van der Waals surface area contributed by atoms with Gasteiger partial charge in [-0.2, -0.15) is 0 Å². The van der Waals surface area contributed by atoms with Gasteiger partial charge in [0, 0.05) is 22.7 Å². The Kier molecular flexibility index (Phi) is 5.11. The van der Waals surface area contributed by atoms with Crippen LogP contribution in [-0.4, -0.2) is 11.1 Å². The molecule has 1 unspecified atom stereocenters. The van der Waals surface area contributed by atoms with E-state index in [1.54, 1.807) is 0 Å². The van der Waals surface area contributed by atoms with Gasteiger partial charge in [-0.3, -0.25) is 0 Å². The molecule has 0 aliphatic heterocycles. The number of amides is 1. The summed E-state index contributed by atoms with van der Waals surface area (Å²) >= 11 is 0. The monoisotopic (exact) mass is 370 g/mol. The third-order valence-electron chi connectivity index (χ3n) is 4.86. The number of alkyl carbamates (subject to hydrolysis) is 1. The van der Waals surface area contributed by atoms with Gasteiger partial charge in [0.15, 0.2) is 0 Å². The van der Waals surface area contributed by atoms with Crippen molar-refractivity contribution < 1.29 is 9.53 Å². The Hall–Kier alpha value is -3.53. The summed E-state index contributed by atoms with van der Waals surface area (Å²) in [5.74, 6) is 0. The van der Waals surface area contributed by atoms with Crippen molar-refractivity contribution in [1.29, 1.82) is 0 Å². The summed E-state index contributed by atoms with van der Waals surface area (Å²) in [4.78, 5) is 15.9. The highest BCUT2D eigenvalue weighted by atomic mass is 16.5. The first-order valence-corrected chi connectivity index (χ1v) is 9.31. The molecule has 3 aromatic carbocycles. The van der Waals surface area contributed by atoms with Crippen LogP contribution in [0.15, 0.2) is 85.1 Å². The maximum Gasteiger partial charge on any atom is 0.408 e. The molecule has 4 rings (SSSR count). The predicted octanol–water partition coefficient (Wildman–Crippen LogP) is 5.49. The molecule has 0 bridgehead atoms. The van der Waals surface area contributed by atoms with Gasteiger partial charge in [-0.05, 0) is 29.7 Å². The number of aryl methyl sites for hydroxylation is 1. The molecule has 1 amide bonds. The predicted molar refractivity (Wildman–Crippen MR) is 111 cm³/mol. The van der Waals surface area contributed by atoms with Crippen LogP contribution < -0.4 is 5.32 Å². The average molecular weight is 370 g/mol. The van der Waals surface area contributed by atoms with Crippen LogP contribution in [0.1, 0.15) is 28.3 Å². The second-order valence-corrected chi connectivity index (χ2v) is 6.79. The standard InChI is InChI=1S/C24H22N2O2/c1-17-9-8-14-21-22(17)20(15-25-21)23(19-12-6-3-7-13-19)26-24(27)28-16-18-10-4-2-5-11-18/h2-15,23,25H,16H2,1H3,(H,26,27). The zero-order valence-electron chi connectivity index (χ0n) is 15.7. The highest BCUT2D eigenvalue weighted by Gasteiger charge is 2.21. The molecule has 1 heterocycles. The molecule has 4 heteroatoms. The van der Waals surface area contributed by atoms with E-state index in [-0.39, 0.29) is 12.6 Å². The molecule has 140 valence electrons. The Morgan fingerprint density at radius 3 is 2.43 bits per heavy atom. The molecular weight excluding hydrogens is 348 g/mol. The lowest BCUT2D eigenvalue weighted by Gasteiger charge is -2.19. The summed E-state index contributed by atoms with van der Waals surface area (Å²) in [6.45, 7) is 2.32. The van der Waals surface area contributed by atoms with Crippen LogP contribution >= 0.6 is 0 Å². The second kappa shape index (κ2) is 8.01. The highest BCUT2D eigenvalue weighted by molar-refractivity contribution is 5.88. The van der Waals surface area contributed by atoms with Crippen LogP contribution in [0.25, 0.3) is 10.9 Å². The van der Waals surface area contributed by atoms with Crippen molar-refractivity contribution in [2.24, 2.45) is 0 Å². The van der Waals surface area contributed by atoms with Crippen LogP contribution in [0.2, 0.25) is 0 Å². The van der Waals surface area contributed by atoms with Crippen LogP contribution in [0.4, 0.5) is 4.79 Å². The van der Waals surface area contributed by atoms with Crippen LogP contribution in [0.3, 0.4) is 0 Å². The smallest absolute Gasteiger partial charge is 0.408 e. The fourth-order valence-electron chi connectivity index (χ4n) is 3.50. The first-order chi connectivity index (χ1) is 13.7. The molecule has 4 aromatic rings. The van der Waals surface area contributed by atoms with E-state index in [1.807, 2.05) is 79.0 Å². The molecular formula is C24H22N2O2. The fourth-order valence-corrected chi connectivity index (χ4v) is 3.50. The number of ether oxygens (including phenoxy) is 1. The van der Waals surface area contributed by atoms with Gasteiger partial charge in [0.05, 0.1) is 6.04 Å². The number of hydrogen-bond donors (Lipinski definition) is 2. The van der Waals surface area contributed by atoms with E-state index >= 15 is 0 Å². The maximum absolute atomic E-state index is 12.6. The summed E-state index contributed by atoms with van der Waals surface area (Å²) in [6.07, 6.45) is 1.52. The first-order valence-electron chi connectivity index (χ1n) is 9.31. The van der Waals surface area contributed by atoms with Gasteiger partial charge in [-0.15, -0.1) is 0 Å². The first kappa shape index (κ1) is 17.9. The Balaban J connectivity index is 1.62. The lowest BCUT2D eigenvalue weighted by Crippen LogP contribution is -2.29. The van der Waals surface area contributed by atoms with Crippen molar-refractivity contribution in [2.45, 2.75) is 19.6 Å². The number of nitrogens with one attached hydrogen (secondary N) is 2. The SMILES string of the molecule is Cc1cccc2[nH]cc(C(NC(=O)OCc3ccccc3)c3ccccc3)c12. The molecule has 0 aliphatic carbocycles. The molecule has 1 atom stereocenters. The molecule has 0 saturated heterocycles. The molecule has 0 fully saturated rings. The lowest BCUT2D eigenvalue weighted by atomic mass is 9.96. The van der Waals surface area contributed by atoms with E-state index < -0.39 is 6.09 Å². The van der Waals surface area contributed by atoms with E-state index in [9.17, 15) is 4.79 Å². The number of aromatic nitrogens is 1. The number of aromatic amines is 1. The number of carbonyl (C=O) groups excluding carboxylic acids is 1. The van der Waals surface area contributed by atoms with Crippen molar-refractivity contribution in [2.75, 3.05) is 0 Å². The Bertz CT molecular complexity index is 1070. The summed E-state index contributed by atoms with van der Waals surface area (Å²) in [5.41, 5.74) is 5.20. The van der Waals surface area contributed by atoms with Gasteiger partial charge >= 0.3 is 6.09 Å². The summed E-state index contributed by atoms with van der Waals surface area (Å²) in [6, 6.07) is 25.4. The van der Waals surface area contributed by atoms with Crippen LogP contribution in [0, 0.1) is 6.92 Å². The quantitative estimate of drug-likeness (QED) is 0.488. The van der Waals surface area contributed by atoms with Crippen molar-refractivity contribution >= 4 is 17.0 Å². The van der Waals surface area contributed by atoms with Crippen molar-refractivity contribution in [1.82, 2.24) is 10.3 Å². The van der Waals surface area contributed by atoms with Crippen LogP contribution in [-0.2, 0) is 11.3 Å². The van der Waals surface area contributed by atoms with Crippen LogP contribution in [0.5, 0.6) is 0 Å². The number of rotatable bonds is 5. The third-order valence-corrected chi connectivity index (χ3v) is 4.86. The molecule has 2 N–H and O–H groups in total. The van der Waals surface area contributed by atoms with Gasteiger partial charge in [-0.1, -0.05) is 72.8 Å². The molecule has 0 spiro atoms. The normalized spacial score (nSPS) is 11.9. The number of benzene rings is 3. The number of fused-ring (bicyclic) bond motifs is 1. The molecule has 28 heavy (non-hydrogen) atoms.